The molecule has 2 atom stereocenters. The average molecular weight is 219 g/mol. The first-order valence-corrected chi connectivity index (χ1v) is 4.98. The minimum atomic E-state index is -1.11. The number of alkyl halides is 1. The Hall–Kier alpha value is -0.720. The van der Waals surface area contributed by atoms with E-state index >= 15 is 0 Å². The van der Waals surface area contributed by atoms with E-state index in [2.05, 4.69) is 5.32 Å². The molecule has 5 nitrogen and oxygen atoms in total. The van der Waals surface area contributed by atoms with Crippen LogP contribution in [0.25, 0.3) is 0 Å². The van der Waals surface area contributed by atoms with E-state index in [-0.39, 0.29) is 6.42 Å². The summed E-state index contributed by atoms with van der Waals surface area (Å²) in [6.45, 7) is 1.04. The molecule has 1 saturated heterocycles. The second-order valence-electron chi connectivity index (χ2n) is 4.10. The second kappa shape index (κ2) is 4.87. The zero-order chi connectivity index (χ0) is 11.5. The summed E-state index contributed by atoms with van der Waals surface area (Å²) in [7, 11) is 3.49. The van der Waals surface area contributed by atoms with E-state index in [1.165, 1.54) is 0 Å². The van der Waals surface area contributed by atoms with E-state index < -0.39 is 17.6 Å². The van der Waals surface area contributed by atoms with Gasteiger partial charge >= 0.3 is 0 Å². The molecule has 0 aromatic carbocycles. The van der Waals surface area contributed by atoms with Gasteiger partial charge in [-0.25, -0.2) is 9.87 Å². The first-order valence-electron chi connectivity index (χ1n) is 4.98. The predicted octanol–water partition coefficient (Wildman–Crippen LogP) is -0.486. The standard InChI is InChI=1S/C9H18FN3O2/c1-11-9(5-8(14)12-15)3-4-13(2)6-7(9)10/h7,11,15H,3-6H2,1-2H3,(H,12,14). The molecule has 1 amide bonds. The number of hydrogen-bond acceptors (Lipinski definition) is 4. The van der Waals surface area contributed by atoms with Gasteiger partial charge in [-0.15, -0.1) is 0 Å². The number of rotatable bonds is 3. The van der Waals surface area contributed by atoms with Gasteiger partial charge in [0.1, 0.15) is 6.17 Å². The molecule has 0 radical (unpaired) electrons. The minimum Gasteiger partial charge on any atom is -0.311 e. The van der Waals surface area contributed by atoms with Crippen LogP contribution in [0.15, 0.2) is 0 Å². The number of piperidine rings is 1. The van der Waals surface area contributed by atoms with Gasteiger partial charge in [-0.3, -0.25) is 10.0 Å². The number of carbonyl (C=O) groups excluding carboxylic acids is 1. The van der Waals surface area contributed by atoms with E-state index in [1.54, 1.807) is 12.5 Å². The number of amides is 1. The number of likely N-dealkylation sites (tertiary alicyclic amines) is 1. The normalized spacial score (nSPS) is 32.7. The van der Waals surface area contributed by atoms with Crippen molar-refractivity contribution in [2.24, 2.45) is 0 Å². The number of carbonyl (C=O) groups is 1. The fourth-order valence-corrected chi connectivity index (χ4v) is 1.98. The molecular formula is C9H18FN3O2. The van der Waals surface area contributed by atoms with Crippen molar-refractivity contribution in [1.29, 1.82) is 0 Å². The van der Waals surface area contributed by atoms with Gasteiger partial charge in [0.05, 0.1) is 5.54 Å². The molecule has 0 spiro atoms. The van der Waals surface area contributed by atoms with Gasteiger partial charge in [-0.05, 0) is 27.1 Å². The molecule has 15 heavy (non-hydrogen) atoms. The topological polar surface area (TPSA) is 64.6 Å². The number of nitrogens with zero attached hydrogens (tertiary/aromatic N) is 1. The van der Waals surface area contributed by atoms with Gasteiger partial charge in [-0.1, -0.05) is 0 Å². The third-order valence-electron chi connectivity index (χ3n) is 3.11. The summed E-state index contributed by atoms with van der Waals surface area (Å²) >= 11 is 0. The smallest absolute Gasteiger partial charge is 0.245 e. The van der Waals surface area contributed by atoms with Crippen LogP contribution in [0.3, 0.4) is 0 Å². The molecule has 1 aliphatic rings. The number of hydrogen-bond donors (Lipinski definition) is 3. The molecule has 0 saturated carbocycles. The lowest BCUT2D eigenvalue weighted by Gasteiger charge is -2.42. The zero-order valence-corrected chi connectivity index (χ0v) is 9.09. The molecule has 0 aromatic heterocycles. The van der Waals surface area contributed by atoms with Gasteiger partial charge in [0, 0.05) is 13.0 Å². The molecule has 0 bridgehead atoms. The third kappa shape index (κ3) is 2.64. The van der Waals surface area contributed by atoms with E-state index in [4.69, 9.17) is 5.21 Å². The SMILES string of the molecule is CNC1(CC(=O)NO)CCN(C)CC1F. The predicted molar refractivity (Wildman–Crippen MR) is 53.3 cm³/mol. The highest BCUT2D eigenvalue weighted by Gasteiger charge is 2.43. The Balaban J connectivity index is 2.70. The van der Waals surface area contributed by atoms with E-state index in [9.17, 15) is 9.18 Å². The van der Waals surface area contributed by atoms with Gasteiger partial charge in [0.15, 0.2) is 0 Å². The van der Waals surface area contributed by atoms with E-state index in [1.807, 2.05) is 11.9 Å². The molecule has 6 heteroatoms. The fourth-order valence-electron chi connectivity index (χ4n) is 1.98. The average Bonchev–Trinajstić information content (AvgIpc) is 2.22. The Morgan fingerprint density at radius 1 is 1.73 bits per heavy atom. The summed E-state index contributed by atoms with van der Waals surface area (Å²) in [5.41, 5.74) is 0.696. The fraction of sp³-hybridized carbons (Fsp3) is 0.889. The molecule has 3 N–H and O–H groups in total. The van der Waals surface area contributed by atoms with Gasteiger partial charge in [0.2, 0.25) is 5.91 Å². The summed E-state index contributed by atoms with van der Waals surface area (Å²) in [4.78, 5) is 13.0. The Labute approximate surface area is 88.6 Å². The Kier molecular flexibility index (Phi) is 4.01. The van der Waals surface area contributed by atoms with Gasteiger partial charge in [-0.2, -0.15) is 0 Å². The van der Waals surface area contributed by atoms with Crippen LogP contribution in [0.1, 0.15) is 12.8 Å². The van der Waals surface area contributed by atoms with Crippen molar-refractivity contribution in [2.45, 2.75) is 24.6 Å². The Bertz CT molecular complexity index is 239. The van der Waals surface area contributed by atoms with Crippen molar-refractivity contribution in [3.8, 4) is 0 Å². The van der Waals surface area contributed by atoms with Crippen molar-refractivity contribution < 1.29 is 14.4 Å². The highest BCUT2D eigenvalue weighted by Crippen LogP contribution is 2.27. The third-order valence-corrected chi connectivity index (χ3v) is 3.11. The van der Waals surface area contributed by atoms with Crippen LogP contribution in [0.5, 0.6) is 0 Å². The summed E-state index contributed by atoms with van der Waals surface area (Å²) in [5, 5.41) is 11.3. The first-order chi connectivity index (χ1) is 7.04. The summed E-state index contributed by atoms with van der Waals surface area (Å²) < 4.78 is 13.9. The van der Waals surface area contributed by atoms with Crippen LogP contribution in [0, 0.1) is 0 Å². The minimum absolute atomic E-state index is 0.0466. The molecule has 1 rings (SSSR count). The van der Waals surface area contributed by atoms with E-state index in [0.29, 0.717) is 13.0 Å². The van der Waals surface area contributed by atoms with Crippen LogP contribution >= 0.6 is 0 Å². The van der Waals surface area contributed by atoms with Crippen molar-refractivity contribution in [1.82, 2.24) is 15.7 Å². The van der Waals surface area contributed by atoms with E-state index in [0.717, 1.165) is 6.54 Å². The molecular weight excluding hydrogens is 201 g/mol. The first kappa shape index (κ1) is 12.4. The maximum atomic E-state index is 13.9. The molecule has 1 aliphatic heterocycles. The lowest BCUT2D eigenvalue weighted by Crippen LogP contribution is -2.61. The second-order valence-corrected chi connectivity index (χ2v) is 4.10. The maximum Gasteiger partial charge on any atom is 0.245 e. The van der Waals surface area contributed by atoms with Crippen LogP contribution < -0.4 is 10.8 Å². The monoisotopic (exact) mass is 219 g/mol. The molecule has 1 heterocycles. The quantitative estimate of drug-likeness (QED) is 0.443. The number of nitrogens with one attached hydrogen (secondary N) is 2. The maximum absolute atomic E-state index is 13.9. The molecule has 0 aliphatic carbocycles. The van der Waals surface area contributed by atoms with Crippen LogP contribution in [-0.4, -0.2) is 54.9 Å². The highest BCUT2D eigenvalue weighted by molar-refractivity contribution is 5.76. The van der Waals surface area contributed by atoms with Crippen LogP contribution in [-0.2, 0) is 4.79 Å². The van der Waals surface area contributed by atoms with Crippen molar-refractivity contribution >= 4 is 5.91 Å². The molecule has 2 unspecified atom stereocenters. The van der Waals surface area contributed by atoms with Gasteiger partial charge < -0.3 is 10.2 Å². The van der Waals surface area contributed by atoms with Crippen molar-refractivity contribution in [3.63, 3.8) is 0 Å². The Morgan fingerprint density at radius 3 is 2.87 bits per heavy atom. The molecule has 88 valence electrons. The zero-order valence-electron chi connectivity index (χ0n) is 9.09. The molecule has 0 aromatic rings. The largest absolute Gasteiger partial charge is 0.311 e. The van der Waals surface area contributed by atoms with Crippen molar-refractivity contribution in [3.05, 3.63) is 0 Å². The lowest BCUT2D eigenvalue weighted by atomic mass is 9.83. The Morgan fingerprint density at radius 2 is 2.40 bits per heavy atom. The summed E-state index contributed by atoms with van der Waals surface area (Å²) in [5.74, 6) is -0.559. The van der Waals surface area contributed by atoms with Crippen LogP contribution in [0.2, 0.25) is 0 Å². The molecule has 1 fully saturated rings. The lowest BCUT2D eigenvalue weighted by molar-refractivity contribution is -0.132. The van der Waals surface area contributed by atoms with Gasteiger partial charge in [0.25, 0.3) is 0 Å². The van der Waals surface area contributed by atoms with Crippen LogP contribution in [0.4, 0.5) is 4.39 Å². The summed E-state index contributed by atoms with van der Waals surface area (Å²) in [6.07, 6.45) is -0.609. The number of hydroxylamine groups is 1. The summed E-state index contributed by atoms with van der Waals surface area (Å²) in [6, 6.07) is 0. The van der Waals surface area contributed by atoms with Crippen molar-refractivity contribution in [2.75, 3.05) is 27.2 Å². The number of halogens is 1. The highest BCUT2D eigenvalue weighted by atomic mass is 19.1.